The Morgan fingerprint density at radius 1 is 1.30 bits per heavy atom. The van der Waals surface area contributed by atoms with E-state index >= 15 is 0 Å². The Balaban J connectivity index is 3.11. The van der Waals surface area contributed by atoms with Crippen molar-refractivity contribution in [2.24, 2.45) is 5.14 Å². The highest BCUT2D eigenvalue weighted by molar-refractivity contribution is 7.89. The van der Waals surface area contributed by atoms with Crippen LogP contribution in [0.25, 0.3) is 0 Å². The van der Waals surface area contributed by atoms with E-state index in [2.05, 4.69) is 0 Å². The molecule has 2 N–H and O–H groups in total. The molecule has 0 aliphatic carbocycles. The van der Waals surface area contributed by atoms with Crippen LogP contribution in [0.15, 0.2) is 23.1 Å². The first-order valence-corrected chi connectivity index (χ1v) is 8.16. The molecule has 0 spiro atoms. The molecule has 0 amide bonds. The van der Waals surface area contributed by atoms with Crippen LogP contribution in [-0.2, 0) is 14.8 Å². The third-order valence-electron chi connectivity index (χ3n) is 3.33. The van der Waals surface area contributed by atoms with Crippen molar-refractivity contribution in [2.75, 3.05) is 13.7 Å². The van der Waals surface area contributed by atoms with Crippen LogP contribution in [-0.4, -0.2) is 28.2 Å². The number of methoxy groups -OCH3 is 1. The fourth-order valence-electron chi connectivity index (χ4n) is 1.72. The highest BCUT2D eigenvalue weighted by atomic mass is 32.2. The molecule has 2 unspecified atom stereocenters. The molecule has 114 valence electrons. The van der Waals surface area contributed by atoms with Crippen molar-refractivity contribution < 1.29 is 17.9 Å². The first-order chi connectivity index (χ1) is 9.29. The number of benzene rings is 1. The van der Waals surface area contributed by atoms with Crippen molar-refractivity contribution in [3.8, 4) is 5.75 Å². The van der Waals surface area contributed by atoms with Crippen LogP contribution in [0.1, 0.15) is 38.7 Å². The first kappa shape index (κ1) is 16.9. The maximum absolute atomic E-state index is 11.4. The Kier molecular flexibility index (Phi) is 5.98. The summed E-state index contributed by atoms with van der Waals surface area (Å²) >= 11 is 0. The molecule has 2 atom stereocenters. The lowest BCUT2D eigenvalue weighted by Crippen LogP contribution is -2.17. The van der Waals surface area contributed by atoms with Crippen LogP contribution in [0.2, 0.25) is 0 Å². The van der Waals surface area contributed by atoms with E-state index < -0.39 is 10.0 Å². The minimum atomic E-state index is -3.70. The number of hydrogen-bond acceptors (Lipinski definition) is 4. The van der Waals surface area contributed by atoms with Crippen molar-refractivity contribution in [1.82, 2.24) is 0 Å². The summed E-state index contributed by atoms with van der Waals surface area (Å²) in [4.78, 5) is 0.111. The van der Waals surface area contributed by atoms with Gasteiger partial charge in [-0.05, 0) is 43.0 Å². The van der Waals surface area contributed by atoms with Crippen LogP contribution in [0, 0.1) is 0 Å². The smallest absolute Gasteiger partial charge is 0.238 e. The largest absolute Gasteiger partial charge is 0.491 e. The molecule has 0 saturated carbocycles. The highest BCUT2D eigenvalue weighted by Crippen LogP contribution is 2.31. The Hall–Kier alpha value is -1.11. The molecule has 0 bridgehead atoms. The summed E-state index contributed by atoms with van der Waals surface area (Å²) in [5.41, 5.74) is 0.849. The number of primary sulfonamides is 1. The fourth-order valence-corrected chi connectivity index (χ4v) is 2.26. The molecule has 20 heavy (non-hydrogen) atoms. The molecule has 0 aliphatic rings. The second-order valence-electron chi connectivity index (χ2n) is 4.91. The molecular formula is C14H23NO4S. The van der Waals surface area contributed by atoms with E-state index in [4.69, 9.17) is 14.6 Å². The third-order valence-corrected chi connectivity index (χ3v) is 4.24. The van der Waals surface area contributed by atoms with Gasteiger partial charge in [0.2, 0.25) is 10.0 Å². The summed E-state index contributed by atoms with van der Waals surface area (Å²) in [6.07, 6.45) is 0.849. The second kappa shape index (κ2) is 7.06. The van der Waals surface area contributed by atoms with Crippen molar-refractivity contribution in [1.29, 1.82) is 0 Å². The lowest BCUT2D eigenvalue weighted by Gasteiger charge is -2.18. The third kappa shape index (κ3) is 4.47. The number of nitrogens with two attached hydrogens (primary N) is 1. The van der Waals surface area contributed by atoms with Crippen molar-refractivity contribution in [3.05, 3.63) is 23.8 Å². The maximum atomic E-state index is 11.4. The van der Waals surface area contributed by atoms with Gasteiger partial charge < -0.3 is 9.47 Å². The van der Waals surface area contributed by atoms with E-state index in [1.165, 1.54) is 6.07 Å². The molecule has 0 saturated heterocycles. The second-order valence-corrected chi connectivity index (χ2v) is 6.47. The molecule has 0 fully saturated rings. The molecule has 1 aromatic rings. The van der Waals surface area contributed by atoms with E-state index in [1.807, 2.05) is 20.8 Å². The van der Waals surface area contributed by atoms with Crippen molar-refractivity contribution in [3.63, 3.8) is 0 Å². The Bertz CT molecular complexity index is 542. The molecule has 6 heteroatoms. The summed E-state index contributed by atoms with van der Waals surface area (Å²) in [6.45, 7) is 6.38. The van der Waals surface area contributed by atoms with Gasteiger partial charge in [0.25, 0.3) is 0 Å². The van der Waals surface area contributed by atoms with Gasteiger partial charge >= 0.3 is 0 Å². The number of sulfonamides is 1. The molecule has 0 aromatic heterocycles. The normalized spacial score (nSPS) is 14.8. The van der Waals surface area contributed by atoms with E-state index in [1.54, 1.807) is 19.2 Å². The zero-order valence-corrected chi connectivity index (χ0v) is 13.2. The number of hydrogen-bond donors (Lipinski definition) is 1. The topological polar surface area (TPSA) is 78.6 Å². The van der Waals surface area contributed by atoms with Gasteiger partial charge in [0.15, 0.2) is 0 Å². The zero-order valence-electron chi connectivity index (χ0n) is 12.4. The number of rotatable bonds is 7. The van der Waals surface area contributed by atoms with Crippen molar-refractivity contribution >= 4 is 10.0 Å². The summed E-state index contributed by atoms with van der Waals surface area (Å²) in [5.74, 6) is 0.861. The minimum Gasteiger partial charge on any atom is -0.491 e. The van der Waals surface area contributed by atoms with Gasteiger partial charge in [0.05, 0.1) is 11.0 Å². The van der Waals surface area contributed by atoms with Gasteiger partial charge in [-0.2, -0.15) is 0 Å². The first-order valence-electron chi connectivity index (χ1n) is 6.61. The van der Waals surface area contributed by atoms with Crippen molar-refractivity contribution in [2.45, 2.75) is 44.1 Å². The van der Waals surface area contributed by atoms with E-state index in [9.17, 15) is 8.42 Å². The molecule has 1 aromatic carbocycles. The highest BCUT2D eigenvalue weighted by Gasteiger charge is 2.16. The Morgan fingerprint density at radius 3 is 2.45 bits per heavy atom. The van der Waals surface area contributed by atoms with Gasteiger partial charge in [0, 0.05) is 7.11 Å². The fraction of sp³-hybridized carbons (Fsp3) is 0.571. The lowest BCUT2D eigenvalue weighted by molar-refractivity contribution is 0.0711. The molecule has 5 nitrogen and oxygen atoms in total. The molecule has 0 heterocycles. The van der Waals surface area contributed by atoms with Gasteiger partial charge in [0.1, 0.15) is 12.4 Å². The Morgan fingerprint density at radius 2 is 1.95 bits per heavy atom. The summed E-state index contributed by atoms with van der Waals surface area (Å²) in [7, 11) is -2.08. The van der Waals surface area contributed by atoms with Gasteiger partial charge in [-0.15, -0.1) is 0 Å². The maximum Gasteiger partial charge on any atom is 0.238 e. The van der Waals surface area contributed by atoms with Gasteiger partial charge in [-0.25, -0.2) is 13.6 Å². The quantitative estimate of drug-likeness (QED) is 0.838. The summed E-state index contributed by atoms with van der Waals surface area (Å²) < 4.78 is 33.7. The lowest BCUT2D eigenvalue weighted by atomic mass is 9.98. The SMILES string of the molecule is CCC(C)c1cc(S(N)(=O)=O)ccc1OCC(C)OC. The van der Waals surface area contributed by atoms with Crippen LogP contribution >= 0.6 is 0 Å². The molecule has 0 radical (unpaired) electrons. The minimum absolute atomic E-state index is 0.0299. The molecule has 1 rings (SSSR count). The molecular weight excluding hydrogens is 278 g/mol. The van der Waals surface area contributed by atoms with Crippen LogP contribution < -0.4 is 9.88 Å². The van der Waals surface area contributed by atoms with Crippen LogP contribution in [0.3, 0.4) is 0 Å². The standard InChI is InChI=1S/C14H23NO4S/c1-5-10(2)13-8-12(20(15,16)17)6-7-14(13)19-9-11(3)18-4/h6-8,10-11H,5,9H2,1-4H3,(H2,15,16,17). The van der Waals surface area contributed by atoms with E-state index in [-0.39, 0.29) is 16.9 Å². The monoisotopic (exact) mass is 301 g/mol. The average molecular weight is 301 g/mol. The predicted molar refractivity (Wildman–Crippen MR) is 78.5 cm³/mol. The van der Waals surface area contributed by atoms with Gasteiger partial charge in [-0.3, -0.25) is 0 Å². The van der Waals surface area contributed by atoms with Crippen LogP contribution in [0.5, 0.6) is 5.75 Å². The predicted octanol–water partition coefficient (Wildman–Crippen LogP) is 2.26. The van der Waals surface area contributed by atoms with E-state index in [0.29, 0.717) is 12.4 Å². The molecule has 0 aliphatic heterocycles. The average Bonchev–Trinajstić information content (AvgIpc) is 2.42. The van der Waals surface area contributed by atoms with Crippen LogP contribution in [0.4, 0.5) is 0 Å². The number of ether oxygens (including phenoxy) is 2. The summed E-state index contributed by atoms with van der Waals surface area (Å²) in [6, 6.07) is 4.72. The van der Waals surface area contributed by atoms with E-state index in [0.717, 1.165) is 12.0 Å². The van der Waals surface area contributed by atoms with Gasteiger partial charge in [-0.1, -0.05) is 13.8 Å². The zero-order chi connectivity index (χ0) is 15.3. The Labute approximate surface area is 121 Å². The summed E-state index contributed by atoms with van der Waals surface area (Å²) in [5, 5.41) is 5.17.